The molecule has 1 saturated carbocycles. The minimum Gasteiger partial charge on any atom is -0.481 e. The summed E-state index contributed by atoms with van der Waals surface area (Å²) in [5, 5.41) is 14.7. The summed E-state index contributed by atoms with van der Waals surface area (Å²) < 4.78 is 5.62. The maximum atomic E-state index is 12.9. The average molecular weight is 451 g/mol. The van der Waals surface area contributed by atoms with Crippen LogP contribution in [-0.4, -0.2) is 41.8 Å². The Morgan fingerprint density at radius 3 is 2.15 bits per heavy atom. The largest absolute Gasteiger partial charge is 0.481 e. The molecule has 0 bridgehead atoms. The third-order valence-electron chi connectivity index (χ3n) is 6.92. The van der Waals surface area contributed by atoms with Crippen molar-refractivity contribution in [2.75, 3.05) is 13.2 Å². The lowest BCUT2D eigenvalue weighted by Gasteiger charge is -2.30. The molecule has 2 amide bonds. The van der Waals surface area contributed by atoms with Crippen molar-refractivity contribution in [2.45, 2.75) is 44.6 Å². The maximum absolute atomic E-state index is 12.9. The Kier molecular flexibility index (Phi) is 6.40. The number of rotatable bonds is 9. The molecular weight excluding hydrogens is 420 g/mol. The second kappa shape index (κ2) is 9.25. The third-order valence-corrected chi connectivity index (χ3v) is 6.92. The van der Waals surface area contributed by atoms with Crippen molar-refractivity contribution in [1.29, 1.82) is 0 Å². The van der Waals surface area contributed by atoms with E-state index in [4.69, 9.17) is 4.74 Å². The molecule has 0 radical (unpaired) electrons. The molecule has 7 nitrogen and oxygen atoms in total. The number of carbonyl (C=O) groups excluding carboxylic acids is 2. The molecule has 1 fully saturated rings. The van der Waals surface area contributed by atoms with Crippen molar-refractivity contribution in [3.8, 4) is 11.1 Å². The average Bonchev–Trinajstić information content (AvgIpc) is 3.61. The molecule has 0 aliphatic heterocycles. The van der Waals surface area contributed by atoms with Gasteiger partial charge < -0.3 is 20.5 Å². The van der Waals surface area contributed by atoms with Crippen LogP contribution in [0.25, 0.3) is 11.1 Å². The van der Waals surface area contributed by atoms with Crippen molar-refractivity contribution in [2.24, 2.45) is 11.8 Å². The van der Waals surface area contributed by atoms with Gasteiger partial charge in [0.05, 0.1) is 5.92 Å². The van der Waals surface area contributed by atoms with E-state index in [0.29, 0.717) is 6.42 Å². The van der Waals surface area contributed by atoms with Crippen molar-refractivity contribution in [3.05, 3.63) is 59.7 Å². The number of carboxylic acid groups (broad SMARTS) is 1. The van der Waals surface area contributed by atoms with Crippen LogP contribution in [0.5, 0.6) is 0 Å². The van der Waals surface area contributed by atoms with E-state index in [2.05, 4.69) is 34.9 Å². The number of carboxylic acids is 1. The van der Waals surface area contributed by atoms with Crippen LogP contribution in [0.3, 0.4) is 0 Å². The van der Waals surface area contributed by atoms with Crippen LogP contribution in [0.2, 0.25) is 0 Å². The first-order valence-corrected chi connectivity index (χ1v) is 11.5. The fraction of sp³-hybridized carbons (Fsp3) is 0.423. The Morgan fingerprint density at radius 2 is 1.64 bits per heavy atom. The number of hydrogen-bond acceptors (Lipinski definition) is 4. The van der Waals surface area contributed by atoms with Gasteiger partial charge in [-0.15, -0.1) is 0 Å². The molecule has 2 atom stereocenters. The molecule has 2 aliphatic rings. The molecule has 0 spiro atoms. The van der Waals surface area contributed by atoms with Crippen LogP contribution in [0.4, 0.5) is 4.79 Å². The van der Waals surface area contributed by atoms with Gasteiger partial charge in [0.25, 0.3) is 0 Å². The Labute approximate surface area is 193 Å². The lowest BCUT2D eigenvalue weighted by molar-refractivity contribution is -0.142. The van der Waals surface area contributed by atoms with E-state index in [0.717, 1.165) is 35.1 Å². The smallest absolute Gasteiger partial charge is 0.408 e. The summed E-state index contributed by atoms with van der Waals surface area (Å²) in [7, 11) is 0. The molecule has 0 heterocycles. The summed E-state index contributed by atoms with van der Waals surface area (Å²) in [5.41, 5.74) is 3.39. The van der Waals surface area contributed by atoms with Crippen LogP contribution >= 0.6 is 0 Å². The fourth-order valence-electron chi connectivity index (χ4n) is 4.66. The maximum Gasteiger partial charge on any atom is 0.408 e. The van der Waals surface area contributed by atoms with Gasteiger partial charge in [-0.25, -0.2) is 4.79 Å². The van der Waals surface area contributed by atoms with E-state index in [1.54, 1.807) is 13.8 Å². The molecule has 2 aromatic carbocycles. The number of benzene rings is 2. The molecule has 33 heavy (non-hydrogen) atoms. The van der Waals surface area contributed by atoms with E-state index < -0.39 is 23.5 Å². The molecule has 2 aliphatic carbocycles. The standard InChI is InChI=1S/C26H30N2O5/c1-3-16(23(29)30)14-27-24(31)26(2,17-12-13-17)28-25(32)33-15-22-20-10-6-4-8-18(20)19-9-5-7-11-21(19)22/h4-11,16-17,22H,3,12-15H2,1-2H3,(H,27,31)(H,28,32)(H,29,30). The van der Waals surface area contributed by atoms with E-state index in [9.17, 15) is 19.5 Å². The highest BCUT2D eigenvalue weighted by atomic mass is 16.5. The Morgan fingerprint density at radius 1 is 1.06 bits per heavy atom. The summed E-state index contributed by atoms with van der Waals surface area (Å²) >= 11 is 0. The molecule has 0 saturated heterocycles. The number of hydrogen-bond donors (Lipinski definition) is 3. The highest BCUT2D eigenvalue weighted by molar-refractivity contribution is 5.90. The van der Waals surface area contributed by atoms with E-state index in [-0.39, 0.29) is 30.9 Å². The zero-order valence-corrected chi connectivity index (χ0v) is 19.0. The molecule has 2 unspecified atom stereocenters. The number of amides is 2. The summed E-state index contributed by atoms with van der Waals surface area (Å²) in [6.07, 6.45) is 1.41. The molecule has 0 aromatic heterocycles. The lowest BCUT2D eigenvalue weighted by atomic mass is 9.94. The van der Waals surface area contributed by atoms with Gasteiger partial charge in [0.15, 0.2) is 0 Å². The minimum absolute atomic E-state index is 0.00267. The van der Waals surface area contributed by atoms with Crippen molar-refractivity contribution < 1.29 is 24.2 Å². The van der Waals surface area contributed by atoms with Gasteiger partial charge in [-0.1, -0.05) is 55.5 Å². The molecule has 2 aromatic rings. The molecule has 4 rings (SSSR count). The second-order valence-corrected chi connectivity index (χ2v) is 9.08. The predicted molar refractivity (Wildman–Crippen MR) is 124 cm³/mol. The second-order valence-electron chi connectivity index (χ2n) is 9.08. The van der Waals surface area contributed by atoms with Gasteiger partial charge in [-0.05, 0) is 54.4 Å². The normalized spacial score (nSPS) is 17.3. The Balaban J connectivity index is 1.41. The summed E-state index contributed by atoms with van der Waals surface area (Å²) in [4.78, 5) is 37.0. The van der Waals surface area contributed by atoms with Gasteiger partial charge in [-0.3, -0.25) is 9.59 Å². The number of aliphatic carboxylic acids is 1. The number of nitrogens with one attached hydrogen (secondary N) is 2. The lowest BCUT2D eigenvalue weighted by Crippen LogP contribution is -2.59. The summed E-state index contributed by atoms with van der Waals surface area (Å²) in [6.45, 7) is 3.64. The molecule has 174 valence electrons. The number of carbonyl (C=O) groups is 3. The number of fused-ring (bicyclic) bond motifs is 3. The van der Waals surface area contributed by atoms with Crippen LogP contribution in [0.1, 0.15) is 50.2 Å². The number of ether oxygens (including phenoxy) is 1. The minimum atomic E-state index is -1.14. The van der Waals surface area contributed by atoms with Gasteiger partial charge in [0.1, 0.15) is 12.1 Å². The van der Waals surface area contributed by atoms with Gasteiger partial charge in [-0.2, -0.15) is 0 Å². The zero-order chi connectivity index (χ0) is 23.6. The van der Waals surface area contributed by atoms with Crippen LogP contribution < -0.4 is 10.6 Å². The van der Waals surface area contributed by atoms with Crippen molar-refractivity contribution in [3.63, 3.8) is 0 Å². The fourth-order valence-corrected chi connectivity index (χ4v) is 4.66. The van der Waals surface area contributed by atoms with Gasteiger partial charge >= 0.3 is 12.1 Å². The van der Waals surface area contributed by atoms with Crippen molar-refractivity contribution in [1.82, 2.24) is 10.6 Å². The third kappa shape index (κ3) is 4.58. The monoisotopic (exact) mass is 450 g/mol. The predicted octanol–water partition coefficient (Wildman–Crippen LogP) is 3.92. The summed E-state index contributed by atoms with van der Waals surface area (Å²) in [5.74, 6) is -2.05. The van der Waals surface area contributed by atoms with Crippen LogP contribution in [0, 0.1) is 11.8 Å². The summed E-state index contributed by atoms with van der Waals surface area (Å²) in [6, 6.07) is 16.2. The SMILES string of the molecule is CCC(CNC(=O)C(C)(NC(=O)OCC1c2ccccc2-c2ccccc21)C1CC1)C(=O)O. The first-order chi connectivity index (χ1) is 15.8. The first-order valence-electron chi connectivity index (χ1n) is 11.5. The highest BCUT2D eigenvalue weighted by Gasteiger charge is 2.49. The van der Waals surface area contributed by atoms with Gasteiger partial charge in [0.2, 0.25) is 5.91 Å². The molecular formula is C26H30N2O5. The Bertz CT molecular complexity index is 1020. The van der Waals surface area contributed by atoms with Crippen LogP contribution in [0.15, 0.2) is 48.5 Å². The number of alkyl carbamates (subject to hydrolysis) is 1. The molecule has 3 N–H and O–H groups in total. The topological polar surface area (TPSA) is 105 Å². The van der Waals surface area contributed by atoms with E-state index >= 15 is 0 Å². The van der Waals surface area contributed by atoms with Gasteiger partial charge in [0, 0.05) is 12.5 Å². The molecule has 7 heteroatoms. The van der Waals surface area contributed by atoms with Crippen LogP contribution in [-0.2, 0) is 14.3 Å². The quantitative estimate of drug-likeness (QED) is 0.537. The van der Waals surface area contributed by atoms with Crippen molar-refractivity contribution >= 4 is 18.0 Å². The Hall–Kier alpha value is -3.35. The zero-order valence-electron chi connectivity index (χ0n) is 19.0. The highest BCUT2D eigenvalue weighted by Crippen LogP contribution is 2.44. The van der Waals surface area contributed by atoms with E-state index in [1.165, 1.54) is 0 Å². The van der Waals surface area contributed by atoms with E-state index in [1.807, 2.05) is 24.3 Å². The first kappa shape index (κ1) is 22.8.